The van der Waals surface area contributed by atoms with Crippen LogP contribution in [0.2, 0.25) is 0 Å². The second kappa shape index (κ2) is 3.87. The van der Waals surface area contributed by atoms with Gasteiger partial charge in [-0.05, 0) is 19.9 Å². The van der Waals surface area contributed by atoms with E-state index in [2.05, 4.69) is 15.5 Å². The van der Waals surface area contributed by atoms with Crippen LogP contribution in [0, 0.1) is 0 Å². The van der Waals surface area contributed by atoms with Gasteiger partial charge in [0.15, 0.2) is 0 Å². The highest BCUT2D eigenvalue weighted by Crippen LogP contribution is 2.35. The van der Waals surface area contributed by atoms with Crippen LogP contribution in [0.3, 0.4) is 0 Å². The molecule has 0 aliphatic heterocycles. The molecule has 1 aliphatic carbocycles. The van der Waals surface area contributed by atoms with E-state index < -0.39 is 0 Å². The van der Waals surface area contributed by atoms with Crippen molar-refractivity contribution in [3.63, 3.8) is 0 Å². The normalized spacial score (nSPS) is 17.3. The van der Waals surface area contributed by atoms with Crippen molar-refractivity contribution in [2.24, 2.45) is 0 Å². The molecule has 0 atom stereocenters. The van der Waals surface area contributed by atoms with Crippen molar-refractivity contribution in [2.45, 2.75) is 31.6 Å². The third kappa shape index (κ3) is 1.88. The molecule has 0 amide bonds. The molecule has 2 rings (SSSR count). The van der Waals surface area contributed by atoms with E-state index in [1.165, 1.54) is 19.3 Å². The highest BCUT2D eigenvalue weighted by Gasteiger charge is 2.24. The van der Waals surface area contributed by atoms with Crippen molar-refractivity contribution in [3.8, 4) is 0 Å². The molecule has 0 aromatic carbocycles. The maximum absolute atomic E-state index is 5.53. The summed E-state index contributed by atoms with van der Waals surface area (Å²) < 4.78 is 5.53. The number of nitrogens with one attached hydrogen (secondary N) is 1. The Morgan fingerprint density at radius 1 is 1.46 bits per heavy atom. The number of hydrogen-bond acceptors (Lipinski definition) is 4. The fourth-order valence-corrected chi connectivity index (χ4v) is 1.42. The van der Waals surface area contributed by atoms with Gasteiger partial charge < -0.3 is 9.73 Å². The topological polar surface area (TPSA) is 51.0 Å². The van der Waals surface area contributed by atoms with Crippen molar-refractivity contribution in [1.29, 1.82) is 0 Å². The second-order valence-electron chi connectivity index (χ2n) is 3.52. The zero-order valence-electron chi connectivity index (χ0n) is 7.92. The Morgan fingerprint density at radius 3 is 2.92 bits per heavy atom. The Bertz CT molecular complexity index is 268. The number of nitrogens with zero attached hydrogens (tertiary/aromatic N) is 2. The molecule has 0 saturated heterocycles. The largest absolute Gasteiger partial charge is 0.425 e. The van der Waals surface area contributed by atoms with Gasteiger partial charge in [0, 0.05) is 18.9 Å². The first-order valence-electron chi connectivity index (χ1n) is 4.87. The molecular weight excluding hydrogens is 166 g/mol. The lowest BCUT2D eigenvalue weighted by molar-refractivity contribution is 0.324. The fourth-order valence-electron chi connectivity index (χ4n) is 1.42. The first-order valence-corrected chi connectivity index (χ1v) is 4.87. The molecule has 0 spiro atoms. The molecule has 0 radical (unpaired) electrons. The van der Waals surface area contributed by atoms with E-state index in [-0.39, 0.29) is 0 Å². The maximum Gasteiger partial charge on any atom is 0.219 e. The Balaban J connectivity index is 1.92. The van der Waals surface area contributed by atoms with Gasteiger partial charge in [-0.3, -0.25) is 0 Å². The van der Waals surface area contributed by atoms with Gasteiger partial charge >= 0.3 is 0 Å². The van der Waals surface area contributed by atoms with Crippen LogP contribution in [-0.4, -0.2) is 23.8 Å². The molecule has 1 fully saturated rings. The van der Waals surface area contributed by atoms with Crippen LogP contribution in [0.4, 0.5) is 0 Å². The molecule has 1 aromatic heterocycles. The highest BCUT2D eigenvalue weighted by atomic mass is 16.4. The first-order chi connectivity index (χ1) is 6.40. The zero-order chi connectivity index (χ0) is 9.10. The van der Waals surface area contributed by atoms with Crippen LogP contribution >= 0.6 is 0 Å². The maximum atomic E-state index is 5.53. The van der Waals surface area contributed by atoms with E-state index in [0.717, 1.165) is 24.7 Å². The molecule has 1 aliphatic rings. The number of rotatable bonds is 4. The van der Waals surface area contributed by atoms with Crippen molar-refractivity contribution < 1.29 is 4.42 Å². The lowest BCUT2D eigenvalue weighted by Gasteiger charge is -2.20. The molecule has 1 N–H and O–H groups in total. The monoisotopic (exact) mass is 181 g/mol. The molecule has 72 valence electrons. The van der Waals surface area contributed by atoms with E-state index in [1.54, 1.807) is 0 Å². The van der Waals surface area contributed by atoms with Crippen molar-refractivity contribution >= 4 is 0 Å². The molecule has 4 nitrogen and oxygen atoms in total. The molecule has 0 bridgehead atoms. The lowest BCUT2D eigenvalue weighted by Crippen LogP contribution is -2.10. The predicted octanol–water partition coefficient (Wildman–Crippen LogP) is 1.10. The van der Waals surface area contributed by atoms with Crippen molar-refractivity contribution in [3.05, 3.63) is 11.8 Å². The van der Waals surface area contributed by atoms with E-state index in [1.807, 2.05) is 7.05 Å². The Labute approximate surface area is 77.7 Å². The average molecular weight is 181 g/mol. The predicted molar refractivity (Wildman–Crippen MR) is 48.5 cm³/mol. The Hall–Kier alpha value is -0.900. The smallest absolute Gasteiger partial charge is 0.219 e. The highest BCUT2D eigenvalue weighted by molar-refractivity contribution is 4.96. The average Bonchev–Trinajstić information content (AvgIpc) is 2.46. The van der Waals surface area contributed by atoms with Gasteiger partial charge in [-0.25, -0.2) is 0 Å². The van der Waals surface area contributed by atoms with Gasteiger partial charge in [0.05, 0.1) is 0 Å². The molecule has 4 heteroatoms. The van der Waals surface area contributed by atoms with Crippen molar-refractivity contribution in [2.75, 3.05) is 13.6 Å². The number of hydrogen-bond donors (Lipinski definition) is 1. The first kappa shape index (κ1) is 8.69. The van der Waals surface area contributed by atoms with Gasteiger partial charge in [0.1, 0.15) is 0 Å². The zero-order valence-corrected chi connectivity index (χ0v) is 7.92. The summed E-state index contributed by atoms with van der Waals surface area (Å²) in [5.74, 6) is 2.16. The summed E-state index contributed by atoms with van der Waals surface area (Å²) in [5.41, 5.74) is 0. The standard InChI is InChI=1S/C9H15N3O/c1-10-6-5-8-11-12-9(13-8)7-3-2-4-7/h7,10H,2-6H2,1H3. The lowest BCUT2D eigenvalue weighted by atomic mass is 9.85. The van der Waals surface area contributed by atoms with E-state index in [0.29, 0.717) is 5.92 Å². The number of aromatic nitrogens is 2. The molecule has 1 heterocycles. The van der Waals surface area contributed by atoms with Gasteiger partial charge in [0.2, 0.25) is 11.8 Å². The van der Waals surface area contributed by atoms with Crippen LogP contribution in [0.15, 0.2) is 4.42 Å². The van der Waals surface area contributed by atoms with E-state index in [9.17, 15) is 0 Å². The van der Waals surface area contributed by atoms with E-state index >= 15 is 0 Å². The Kier molecular flexibility index (Phi) is 2.59. The minimum absolute atomic E-state index is 0.552. The van der Waals surface area contributed by atoms with Crippen LogP contribution < -0.4 is 5.32 Å². The molecular formula is C9H15N3O. The summed E-state index contributed by atoms with van der Waals surface area (Å²) in [4.78, 5) is 0. The van der Waals surface area contributed by atoms with Crippen molar-refractivity contribution in [1.82, 2.24) is 15.5 Å². The summed E-state index contributed by atoms with van der Waals surface area (Å²) in [7, 11) is 1.92. The summed E-state index contributed by atoms with van der Waals surface area (Å²) in [6.45, 7) is 0.895. The third-order valence-electron chi connectivity index (χ3n) is 2.53. The van der Waals surface area contributed by atoms with Gasteiger partial charge in [-0.2, -0.15) is 0 Å². The van der Waals surface area contributed by atoms with Crippen LogP contribution in [0.25, 0.3) is 0 Å². The van der Waals surface area contributed by atoms with Crippen LogP contribution in [0.5, 0.6) is 0 Å². The summed E-state index contributed by atoms with van der Waals surface area (Å²) in [5, 5.41) is 11.1. The SMILES string of the molecule is CNCCc1nnc(C2CCC2)o1. The summed E-state index contributed by atoms with van der Waals surface area (Å²) in [6.07, 6.45) is 4.57. The van der Waals surface area contributed by atoms with E-state index in [4.69, 9.17) is 4.42 Å². The van der Waals surface area contributed by atoms with Gasteiger partial charge in [-0.1, -0.05) is 6.42 Å². The summed E-state index contributed by atoms with van der Waals surface area (Å²) in [6, 6.07) is 0. The van der Waals surface area contributed by atoms with Crippen LogP contribution in [0.1, 0.15) is 37.0 Å². The molecule has 1 saturated carbocycles. The minimum Gasteiger partial charge on any atom is -0.425 e. The molecule has 0 unspecified atom stereocenters. The number of likely N-dealkylation sites (N-methyl/N-ethyl adjacent to an activating group) is 1. The summed E-state index contributed by atoms with van der Waals surface area (Å²) >= 11 is 0. The molecule has 1 aromatic rings. The quantitative estimate of drug-likeness (QED) is 0.755. The van der Waals surface area contributed by atoms with Gasteiger partial charge in [0.25, 0.3) is 0 Å². The molecule has 13 heavy (non-hydrogen) atoms. The fraction of sp³-hybridized carbons (Fsp3) is 0.778. The second-order valence-corrected chi connectivity index (χ2v) is 3.52. The third-order valence-corrected chi connectivity index (χ3v) is 2.53. The Morgan fingerprint density at radius 2 is 2.31 bits per heavy atom. The van der Waals surface area contributed by atoms with Crippen LogP contribution in [-0.2, 0) is 6.42 Å². The van der Waals surface area contributed by atoms with Gasteiger partial charge in [-0.15, -0.1) is 10.2 Å². The minimum atomic E-state index is 0.552.